The Balaban J connectivity index is 1.77. The summed E-state index contributed by atoms with van der Waals surface area (Å²) >= 11 is 0. The molecule has 1 saturated heterocycles. The molecule has 22 heavy (non-hydrogen) atoms. The SMILES string of the molecule is Cc1cc2c(cc1C(=O)N1CCC(C(N)=O)CC1)OCCO2. The lowest BCUT2D eigenvalue weighted by Crippen LogP contribution is -2.42. The van der Waals surface area contributed by atoms with Crippen molar-refractivity contribution in [2.24, 2.45) is 11.7 Å². The van der Waals surface area contributed by atoms with Gasteiger partial charge in [-0.1, -0.05) is 0 Å². The molecule has 0 aromatic heterocycles. The summed E-state index contributed by atoms with van der Waals surface area (Å²) in [4.78, 5) is 25.7. The van der Waals surface area contributed by atoms with Crippen LogP contribution in [-0.4, -0.2) is 43.0 Å². The number of nitrogens with two attached hydrogens (primary N) is 1. The number of piperidine rings is 1. The molecule has 118 valence electrons. The molecule has 0 saturated carbocycles. The average molecular weight is 304 g/mol. The van der Waals surface area contributed by atoms with Crippen LogP contribution in [0, 0.1) is 12.8 Å². The van der Waals surface area contributed by atoms with Gasteiger partial charge in [-0.25, -0.2) is 0 Å². The number of aryl methyl sites for hydroxylation is 1. The van der Waals surface area contributed by atoms with E-state index in [1.54, 1.807) is 11.0 Å². The summed E-state index contributed by atoms with van der Waals surface area (Å²) in [7, 11) is 0. The lowest BCUT2D eigenvalue weighted by atomic mass is 9.95. The number of hydrogen-bond acceptors (Lipinski definition) is 4. The number of carbonyl (C=O) groups is 2. The van der Waals surface area contributed by atoms with Gasteiger partial charge in [-0.15, -0.1) is 0 Å². The number of rotatable bonds is 2. The molecular formula is C16H20N2O4. The maximum atomic E-state index is 12.7. The van der Waals surface area contributed by atoms with Crippen LogP contribution in [0.2, 0.25) is 0 Å². The Morgan fingerprint density at radius 3 is 2.32 bits per heavy atom. The van der Waals surface area contributed by atoms with Crippen LogP contribution >= 0.6 is 0 Å². The van der Waals surface area contributed by atoms with Crippen LogP contribution in [0.25, 0.3) is 0 Å². The molecule has 1 aromatic rings. The van der Waals surface area contributed by atoms with Gasteiger partial charge in [-0.3, -0.25) is 9.59 Å². The van der Waals surface area contributed by atoms with Crippen LogP contribution in [0.3, 0.4) is 0 Å². The van der Waals surface area contributed by atoms with Crippen molar-refractivity contribution in [2.45, 2.75) is 19.8 Å². The predicted octanol–water partition coefficient (Wildman–Crippen LogP) is 1.10. The van der Waals surface area contributed by atoms with Gasteiger partial charge in [0.2, 0.25) is 5.91 Å². The van der Waals surface area contributed by atoms with Crippen molar-refractivity contribution < 1.29 is 19.1 Å². The van der Waals surface area contributed by atoms with E-state index in [9.17, 15) is 9.59 Å². The van der Waals surface area contributed by atoms with E-state index in [-0.39, 0.29) is 17.7 Å². The largest absolute Gasteiger partial charge is 0.486 e. The average Bonchev–Trinajstić information content (AvgIpc) is 2.53. The number of benzene rings is 1. The first-order valence-corrected chi connectivity index (χ1v) is 7.55. The van der Waals surface area contributed by atoms with Crippen molar-refractivity contribution in [1.29, 1.82) is 0 Å². The van der Waals surface area contributed by atoms with Crippen LogP contribution in [0.1, 0.15) is 28.8 Å². The van der Waals surface area contributed by atoms with Crippen molar-refractivity contribution in [3.63, 3.8) is 0 Å². The second-order valence-corrected chi connectivity index (χ2v) is 5.78. The van der Waals surface area contributed by atoms with E-state index in [1.807, 2.05) is 13.0 Å². The highest BCUT2D eigenvalue weighted by molar-refractivity contribution is 5.96. The zero-order chi connectivity index (χ0) is 15.7. The van der Waals surface area contributed by atoms with Crippen molar-refractivity contribution in [2.75, 3.05) is 26.3 Å². The first-order valence-electron chi connectivity index (χ1n) is 7.55. The summed E-state index contributed by atoms with van der Waals surface area (Å²) < 4.78 is 11.1. The highest BCUT2D eigenvalue weighted by atomic mass is 16.6. The molecule has 2 aliphatic heterocycles. The molecule has 0 aliphatic carbocycles. The molecule has 0 radical (unpaired) electrons. The molecule has 6 nitrogen and oxygen atoms in total. The normalized spacial score (nSPS) is 18.1. The molecule has 0 atom stereocenters. The number of amides is 2. The standard InChI is InChI=1S/C16H20N2O4/c1-10-8-13-14(22-7-6-21-13)9-12(10)16(20)18-4-2-11(3-5-18)15(17)19/h8-9,11H,2-7H2,1H3,(H2,17,19). The van der Waals surface area contributed by atoms with Crippen LogP contribution in [0.4, 0.5) is 0 Å². The Hall–Kier alpha value is -2.24. The highest BCUT2D eigenvalue weighted by Crippen LogP contribution is 2.33. The summed E-state index contributed by atoms with van der Waals surface area (Å²) in [6.07, 6.45) is 1.26. The van der Waals surface area contributed by atoms with E-state index in [4.69, 9.17) is 15.2 Å². The molecular weight excluding hydrogens is 284 g/mol. The topological polar surface area (TPSA) is 81.9 Å². The van der Waals surface area contributed by atoms with Crippen LogP contribution < -0.4 is 15.2 Å². The lowest BCUT2D eigenvalue weighted by molar-refractivity contribution is -0.123. The third-order valence-corrected chi connectivity index (χ3v) is 4.30. The summed E-state index contributed by atoms with van der Waals surface area (Å²) in [6.45, 7) is 4.02. The number of primary amides is 1. The van der Waals surface area contributed by atoms with Gasteiger partial charge in [0.25, 0.3) is 5.91 Å². The van der Waals surface area contributed by atoms with E-state index < -0.39 is 0 Å². The smallest absolute Gasteiger partial charge is 0.254 e. The fraction of sp³-hybridized carbons (Fsp3) is 0.500. The number of nitrogens with zero attached hydrogens (tertiary/aromatic N) is 1. The van der Waals surface area contributed by atoms with Crippen LogP contribution in [-0.2, 0) is 4.79 Å². The van der Waals surface area contributed by atoms with Gasteiger partial charge in [0, 0.05) is 24.6 Å². The lowest BCUT2D eigenvalue weighted by Gasteiger charge is -2.31. The second-order valence-electron chi connectivity index (χ2n) is 5.78. The minimum atomic E-state index is -0.275. The molecule has 0 spiro atoms. The molecule has 1 aromatic carbocycles. The molecule has 2 amide bonds. The van der Waals surface area contributed by atoms with Crippen molar-refractivity contribution in [1.82, 2.24) is 4.90 Å². The third-order valence-electron chi connectivity index (χ3n) is 4.30. The fourth-order valence-electron chi connectivity index (χ4n) is 2.96. The summed E-state index contributed by atoms with van der Waals surface area (Å²) in [5, 5.41) is 0. The van der Waals surface area contributed by atoms with E-state index in [0.717, 1.165) is 5.56 Å². The first kappa shape index (κ1) is 14.7. The Morgan fingerprint density at radius 2 is 1.73 bits per heavy atom. The van der Waals surface area contributed by atoms with Gasteiger partial charge in [0.05, 0.1) is 0 Å². The van der Waals surface area contributed by atoms with Gasteiger partial charge in [-0.05, 0) is 37.5 Å². The monoisotopic (exact) mass is 304 g/mol. The van der Waals surface area contributed by atoms with E-state index in [1.165, 1.54) is 0 Å². The first-order chi connectivity index (χ1) is 10.6. The highest BCUT2D eigenvalue weighted by Gasteiger charge is 2.28. The Bertz CT molecular complexity index is 606. The molecule has 0 unspecified atom stereocenters. The minimum absolute atomic E-state index is 0.0302. The van der Waals surface area contributed by atoms with Crippen LogP contribution in [0.5, 0.6) is 11.5 Å². The Morgan fingerprint density at radius 1 is 1.14 bits per heavy atom. The summed E-state index contributed by atoms with van der Waals surface area (Å²) in [5.74, 6) is 0.880. The van der Waals surface area contributed by atoms with E-state index in [0.29, 0.717) is 56.2 Å². The second kappa shape index (κ2) is 5.87. The number of carbonyl (C=O) groups excluding carboxylic acids is 2. The van der Waals surface area contributed by atoms with Crippen molar-refractivity contribution in [3.05, 3.63) is 23.3 Å². The van der Waals surface area contributed by atoms with Gasteiger partial charge >= 0.3 is 0 Å². The number of ether oxygens (including phenoxy) is 2. The molecule has 3 rings (SSSR count). The Kier molecular flexibility index (Phi) is 3.92. The number of fused-ring (bicyclic) bond motifs is 1. The minimum Gasteiger partial charge on any atom is -0.486 e. The zero-order valence-electron chi connectivity index (χ0n) is 12.6. The molecule has 6 heteroatoms. The fourth-order valence-corrected chi connectivity index (χ4v) is 2.96. The van der Waals surface area contributed by atoms with E-state index in [2.05, 4.69) is 0 Å². The van der Waals surface area contributed by atoms with Gasteiger partial charge in [0.15, 0.2) is 11.5 Å². The van der Waals surface area contributed by atoms with Crippen LogP contribution in [0.15, 0.2) is 12.1 Å². The van der Waals surface area contributed by atoms with E-state index >= 15 is 0 Å². The molecule has 0 bridgehead atoms. The van der Waals surface area contributed by atoms with Gasteiger partial charge in [0.1, 0.15) is 13.2 Å². The maximum Gasteiger partial charge on any atom is 0.254 e. The predicted molar refractivity (Wildman–Crippen MR) is 80.0 cm³/mol. The molecule has 2 heterocycles. The third kappa shape index (κ3) is 2.73. The summed E-state index contributed by atoms with van der Waals surface area (Å²) in [6, 6.07) is 3.60. The van der Waals surface area contributed by atoms with Gasteiger partial charge in [-0.2, -0.15) is 0 Å². The number of hydrogen-bond donors (Lipinski definition) is 1. The summed E-state index contributed by atoms with van der Waals surface area (Å²) in [5.41, 5.74) is 6.82. The maximum absolute atomic E-state index is 12.7. The van der Waals surface area contributed by atoms with Gasteiger partial charge < -0.3 is 20.1 Å². The van der Waals surface area contributed by atoms with Crippen molar-refractivity contribution >= 4 is 11.8 Å². The zero-order valence-corrected chi connectivity index (χ0v) is 12.6. The molecule has 2 aliphatic rings. The quantitative estimate of drug-likeness (QED) is 0.887. The van der Waals surface area contributed by atoms with Crippen molar-refractivity contribution in [3.8, 4) is 11.5 Å². The number of likely N-dealkylation sites (tertiary alicyclic amines) is 1. The Labute approximate surface area is 129 Å². The molecule has 2 N–H and O–H groups in total. The molecule has 1 fully saturated rings.